The van der Waals surface area contributed by atoms with Gasteiger partial charge in [-0.2, -0.15) is 0 Å². The van der Waals surface area contributed by atoms with Gasteiger partial charge in [0.1, 0.15) is 18.0 Å². The van der Waals surface area contributed by atoms with Crippen molar-refractivity contribution in [1.82, 2.24) is 9.55 Å². The van der Waals surface area contributed by atoms with E-state index in [1.54, 1.807) is 24.5 Å². The van der Waals surface area contributed by atoms with E-state index in [0.717, 1.165) is 5.69 Å². The Balaban J connectivity index is 1.85. The minimum Gasteiger partial charge on any atom is -0.310 e. The third kappa shape index (κ3) is 2.30. The molecule has 3 aromatic rings. The predicted molar refractivity (Wildman–Crippen MR) is 85.1 cm³/mol. The Morgan fingerprint density at radius 3 is 2.61 bits per heavy atom. The van der Waals surface area contributed by atoms with E-state index in [4.69, 9.17) is 0 Å². The molecule has 0 radical (unpaired) electrons. The lowest BCUT2D eigenvalue weighted by Crippen LogP contribution is -2.25. The smallest absolute Gasteiger partial charge is 0.226 e. The van der Waals surface area contributed by atoms with E-state index in [1.165, 1.54) is 6.07 Å². The largest absolute Gasteiger partial charge is 0.310 e. The third-order valence-corrected chi connectivity index (χ3v) is 4.09. The summed E-state index contributed by atoms with van der Waals surface area (Å²) < 4.78 is 16.0. The average molecular weight is 307 g/mol. The lowest BCUT2D eigenvalue weighted by atomic mass is 9.89. The molecule has 5 heteroatoms. The molecule has 1 aromatic heterocycles. The van der Waals surface area contributed by atoms with Crippen LogP contribution in [0.2, 0.25) is 0 Å². The van der Waals surface area contributed by atoms with Crippen LogP contribution in [0.25, 0.3) is 5.69 Å². The summed E-state index contributed by atoms with van der Waals surface area (Å²) in [6.07, 6.45) is 1.86. The van der Waals surface area contributed by atoms with Crippen LogP contribution in [-0.2, 0) is 4.79 Å². The van der Waals surface area contributed by atoms with Crippen LogP contribution in [-0.4, -0.2) is 15.5 Å². The SMILES string of the molecule is O=C1C[C@@H](c2ccccc2F)c2ncn(-c3ccccc3)c2N1. The number of anilines is 1. The second kappa shape index (κ2) is 5.35. The summed E-state index contributed by atoms with van der Waals surface area (Å²) in [5, 5.41) is 2.87. The molecule has 2 heterocycles. The molecule has 1 aliphatic rings. The number of fused-ring (bicyclic) bond motifs is 1. The van der Waals surface area contributed by atoms with Crippen LogP contribution in [0.5, 0.6) is 0 Å². The fourth-order valence-corrected chi connectivity index (χ4v) is 3.01. The van der Waals surface area contributed by atoms with Crippen molar-refractivity contribution in [2.75, 3.05) is 5.32 Å². The molecule has 0 saturated carbocycles. The predicted octanol–water partition coefficient (Wildman–Crippen LogP) is 3.49. The molecule has 4 nitrogen and oxygen atoms in total. The van der Waals surface area contributed by atoms with Crippen LogP contribution in [0.3, 0.4) is 0 Å². The molecule has 1 amide bonds. The highest BCUT2D eigenvalue weighted by molar-refractivity contribution is 5.94. The maximum Gasteiger partial charge on any atom is 0.226 e. The van der Waals surface area contributed by atoms with Crippen molar-refractivity contribution in [3.63, 3.8) is 0 Å². The number of imidazole rings is 1. The summed E-state index contributed by atoms with van der Waals surface area (Å²) in [6.45, 7) is 0. The Morgan fingerprint density at radius 1 is 1.09 bits per heavy atom. The Kier molecular flexibility index (Phi) is 3.19. The highest BCUT2D eigenvalue weighted by atomic mass is 19.1. The molecule has 114 valence electrons. The number of carbonyl (C=O) groups excluding carboxylic acids is 1. The van der Waals surface area contributed by atoms with Crippen LogP contribution in [0.1, 0.15) is 23.6 Å². The van der Waals surface area contributed by atoms with Crippen LogP contribution >= 0.6 is 0 Å². The van der Waals surface area contributed by atoms with Gasteiger partial charge < -0.3 is 5.32 Å². The maximum atomic E-state index is 14.2. The van der Waals surface area contributed by atoms with Gasteiger partial charge in [-0.15, -0.1) is 0 Å². The number of nitrogens with one attached hydrogen (secondary N) is 1. The average Bonchev–Trinajstić information content (AvgIpc) is 2.99. The first kappa shape index (κ1) is 13.7. The summed E-state index contributed by atoms with van der Waals surface area (Å²) in [5.74, 6) is -0.207. The minimum absolute atomic E-state index is 0.136. The number of halogens is 1. The number of para-hydroxylation sites is 1. The summed E-state index contributed by atoms with van der Waals surface area (Å²) >= 11 is 0. The highest BCUT2D eigenvalue weighted by Crippen LogP contribution is 2.38. The molecule has 0 aliphatic carbocycles. The van der Waals surface area contributed by atoms with Crippen LogP contribution in [0.4, 0.5) is 10.2 Å². The highest BCUT2D eigenvalue weighted by Gasteiger charge is 2.32. The molecule has 0 unspecified atom stereocenters. The standard InChI is InChI=1S/C18H14FN3O/c19-15-9-5-4-8-13(15)14-10-16(23)21-18-17(14)20-11-22(18)12-6-2-1-3-7-12/h1-9,11,14H,10H2,(H,21,23)/t14-/m0/s1. The first-order chi connectivity index (χ1) is 11.2. The fourth-order valence-electron chi connectivity index (χ4n) is 3.01. The quantitative estimate of drug-likeness (QED) is 0.788. The normalized spacial score (nSPS) is 16.7. The molecule has 0 saturated heterocycles. The van der Waals surface area contributed by atoms with Crippen LogP contribution < -0.4 is 5.32 Å². The Hall–Kier alpha value is -2.95. The van der Waals surface area contributed by atoms with Gasteiger partial charge in [-0.3, -0.25) is 9.36 Å². The molecular weight excluding hydrogens is 293 g/mol. The van der Waals surface area contributed by atoms with Crippen molar-refractivity contribution in [2.45, 2.75) is 12.3 Å². The first-order valence-electron chi connectivity index (χ1n) is 7.41. The topological polar surface area (TPSA) is 46.9 Å². The number of aromatic nitrogens is 2. The Morgan fingerprint density at radius 2 is 1.83 bits per heavy atom. The van der Waals surface area contributed by atoms with Crippen LogP contribution in [0.15, 0.2) is 60.9 Å². The van der Waals surface area contributed by atoms with Gasteiger partial charge >= 0.3 is 0 Å². The molecule has 0 bridgehead atoms. The van der Waals surface area contributed by atoms with E-state index < -0.39 is 0 Å². The molecule has 0 fully saturated rings. The summed E-state index contributed by atoms with van der Waals surface area (Å²) in [6, 6.07) is 16.2. The minimum atomic E-state index is -0.370. The van der Waals surface area contributed by atoms with Gasteiger partial charge in [-0.05, 0) is 23.8 Å². The first-order valence-corrected chi connectivity index (χ1v) is 7.41. The zero-order chi connectivity index (χ0) is 15.8. The molecule has 2 aromatic carbocycles. The van der Waals surface area contributed by atoms with Gasteiger partial charge in [0, 0.05) is 18.0 Å². The zero-order valence-electron chi connectivity index (χ0n) is 12.2. The van der Waals surface area contributed by atoms with Crippen LogP contribution in [0, 0.1) is 5.82 Å². The van der Waals surface area contributed by atoms with E-state index in [-0.39, 0.29) is 24.1 Å². The van der Waals surface area contributed by atoms with Crippen molar-refractivity contribution in [1.29, 1.82) is 0 Å². The molecule has 4 rings (SSSR count). The second-order valence-electron chi connectivity index (χ2n) is 5.51. The van der Waals surface area contributed by atoms with Crippen molar-refractivity contribution in [3.8, 4) is 5.69 Å². The van der Waals surface area contributed by atoms with Gasteiger partial charge in [0.05, 0.1) is 5.69 Å². The van der Waals surface area contributed by atoms with Crippen molar-refractivity contribution < 1.29 is 9.18 Å². The lowest BCUT2D eigenvalue weighted by molar-refractivity contribution is -0.116. The van der Waals surface area contributed by atoms with Crippen molar-refractivity contribution >= 4 is 11.7 Å². The number of hydrogen-bond donors (Lipinski definition) is 1. The summed E-state index contributed by atoms with van der Waals surface area (Å²) in [5.41, 5.74) is 2.09. The lowest BCUT2D eigenvalue weighted by Gasteiger charge is -2.23. The van der Waals surface area contributed by atoms with E-state index in [1.807, 2.05) is 34.9 Å². The van der Waals surface area contributed by atoms with E-state index in [2.05, 4.69) is 10.3 Å². The van der Waals surface area contributed by atoms with Gasteiger partial charge in [-0.25, -0.2) is 9.37 Å². The molecule has 1 N–H and O–H groups in total. The van der Waals surface area contributed by atoms with Crippen molar-refractivity contribution in [3.05, 3.63) is 78.0 Å². The Bertz CT molecular complexity index is 873. The van der Waals surface area contributed by atoms with E-state index in [0.29, 0.717) is 17.1 Å². The number of rotatable bonds is 2. The number of hydrogen-bond acceptors (Lipinski definition) is 2. The molecule has 23 heavy (non-hydrogen) atoms. The molecular formula is C18H14FN3O. The number of nitrogens with zero attached hydrogens (tertiary/aromatic N) is 2. The van der Waals surface area contributed by atoms with Gasteiger partial charge in [0.25, 0.3) is 0 Å². The van der Waals surface area contributed by atoms with Gasteiger partial charge in [0.15, 0.2) is 0 Å². The zero-order valence-corrected chi connectivity index (χ0v) is 12.2. The maximum absolute atomic E-state index is 14.2. The molecule has 0 spiro atoms. The van der Waals surface area contributed by atoms with E-state index in [9.17, 15) is 9.18 Å². The summed E-state index contributed by atoms with van der Waals surface area (Å²) in [7, 11) is 0. The fraction of sp³-hybridized carbons (Fsp3) is 0.111. The number of carbonyl (C=O) groups is 1. The van der Waals surface area contributed by atoms with Gasteiger partial charge in [-0.1, -0.05) is 36.4 Å². The molecule has 1 atom stereocenters. The third-order valence-electron chi connectivity index (χ3n) is 4.09. The molecule has 1 aliphatic heterocycles. The monoisotopic (exact) mass is 307 g/mol. The summed E-state index contributed by atoms with van der Waals surface area (Å²) in [4.78, 5) is 16.6. The van der Waals surface area contributed by atoms with Gasteiger partial charge in [0.2, 0.25) is 5.91 Å². The van der Waals surface area contributed by atoms with E-state index >= 15 is 0 Å². The number of amides is 1. The second-order valence-corrected chi connectivity index (χ2v) is 5.51. The van der Waals surface area contributed by atoms with Crippen molar-refractivity contribution in [2.24, 2.45) is 0 Å². The number of benzene rings is 2. The Labute approximate surface area is 132 Å².